The molecular weight excluding hydrogens is 482 g/mol. The van der Waals surface area contributed by atoms with E-state index in [1.165, 1.54) is 11.8 Å². The molecule has 4 rings (SSSR count). The van der Waals surface area contributed by atoms with E-state index < -0.39 is 0 Å². The first-order valence-corrected chi connectivity index (χ1v) is 12.4. The van der Waals surface area contributed by atoms with Crippen LogP contribution < -0.4 is 9.47 Å². The molecule has 2 aromatic rings. The molecule has 2 fully saturated rings. The van der Waals surface area contributed by atoms with Crippen LogP contribution in [-0.2, 0) is 19.1 Å². The number of hydrogen-bond acceptors (Lipinski definition) is 8. The van der Waals surface area contributed by atoms with Crippen molar-refractivity contribution in [2.75, 3.05) is 60.3 Å². The van der Waals surface area contributed by atoms with Crippen LogP contribution in [0.25, 0.3) is 6.08 Å². The van der Waals surface area contributed by atoms with Crippen molar-refractivity contribution in [2.45, 2.75) is 0 Å². The highest BCUT2D eigenvalue weighted by molar-refractivity contribution is 8.18. The van der Waals surface area contributed by atoms with Crippen molar-refractivity contribution in [3.63, 3.8) is 0 Å². The average Bonchev–Trinajstić information content (AvgIpc) is 3.20. The number of aliphatic imine (C=N–C) groups is 1. The summed E-state index contributed by atoms with van der Waals surface area (Å²) in [6.07, 6.45) is 1.83. The zero-order valence-electron chi connectivity index (χ0n) is 20.3. The van der Waals surface area contributed by atoms with Crippen LogP contribution in [0.15, 0.2) is 58.4 Å². The second-order valence-electron chi connectivity index (χ2n) is 8.00. The quantitative estimate of drug-likeness (QED) is 0.478. The molecule has 2 amide bonds. The van der Waals surface area contributed by atoms with Crippen molar-refractivity contribution in [1.29, 1.82) is 0 Å². The van der Waals surface area contributed by atoms with Crippen LogP contribution in [0.1, 0.15) is 5.56 Å². The van der Waals surface area contributed by atoms with Crippen LogP contribution in [0.4, 0.5) is 5.69 Å². The van der Waals surface area contributed by atoms with Gasteiger partial charge >= 0.3 is 0 Å². The summed E-state index contributed by atoms with van der Waals surface area (Å²) >= 11 is 1.32. The normalized spacial score (nSPS) is 18.2. The highest BCUT2D eigenvalue weighted by Gasteiger charge is 2.33. The summed E-state index contributed by atoms with van der Waals surface area (Å²) in [7, 11) is 3.21. The van der Waals surface area contributed by atoms with E-state index in [9.17, 15) is 9.59 Å². The maximum Gasteiger partial charge on any atom is 0.266 e. The second kappa shape index (κ2) is 12.6. The van der Waals surface area contributed by atoms with Crippen LogP contribution in [0.3, 0.4) is 0 Å². The lowest BCUT2D eigenvalue weighted by atomic mass is 10.2. The maximum absolute atomic E-state index is 13.1. The van der Waals surface area contributed by atoms with Gasteiger partial charge in [0.25, 0.3) is 11.8 Å². The third kappa shape index (κ3) is 6.66. The fourth-order valence-electron chi connectivity index (χ4n) is 3.60. The van der Waals surface area contributed by atoms with Gasteiger partial charge in [-0.3, -0.25) is 14.5 Å². The zero-order chi connectivity index (χ0) is 25.3. The number of benzene rings is 2. The first-order valence-electron chi connectivity index (χ1n) is 11.6. The number of carbonyl (C=O) groups is 2. The van der Waals surface area contributed by atoms with E-state index in [0.29, 0.717) is 55.3 Å². The summed E-state index contributed by atoms with van der Waals surface area (Å²) < 4.78 is 21.3. The number of amides is 2. The highest BCUT2D eigenvalue weighted by Crippen LogP contribution is 2.34. The SMILES string of the molecule is COCCN1C(=O)/C(=C/c2ccc(OCC(=O)N3CCOCC3)cc2)SC1=Nc1ccc(OC)cc1. The number of thioether (sulfide) groups is 1. The fraction of sp³-hybridized carbons (Fsp3) is 0.346. The molecule has 9 nitrogen and oxygen atoms in total. The first-order chi connectivity index (χ1) is 17.6. The predicted molar refractivity (Wildman–Crippen MR) is 139 cm³/mol. The standard InChI is InChI=1S/C26H29N3O6S/c1-32-14-13-29-25(31)23(36-26(29)27-20-5-9-21(33-2)10-6-20)17-19-3-7-22(8-4-19)35-18-24(30)28-11-15-34-16-12-28/h3-10,17H,11-16,18H2,1-2H3/b23-17-,27-26?. The minimum Gasteiger partial charge on any atom is -0.497 e. The number of rotatable bonds is 9. The molecule has 0 unspecified atom stereocenters. The average molecular weight is 512 g/mol. The summed E-state index contributed by atoms with van der Waals surface area (Å²) in [6, 6.07) is 14.6. The number of ether oxygens (including phenoxy) is 4. The van der Waals surface area contributed by atoms with E-state index in [0.717, 1.165) is 17.0 Å². The Labute approximate surface area is 214 Å². The van der Waals surface area contributed by atoms with Gasteiger partial charge in [-0.25, -0.2) is 4.99 Å². The van der Waals surface area contributed by atoms with E-state index >= 15 is 0 Å². The number of amidine groups is 1. The van der Waals surface area contributed by atoms with Crippen molar-refractivity contribution < 1.29 is 28.5 Å². The van der Waals surface area contributed by atoms with Crippen LogP contribution in [0.5, 0.6) is 11.5 Å². The summed E-state index contributed by atoms with van der Waals surface area (Å²) in [5, 5.41) is 0.593. The van der Waals surface area contributed by atoms with Gasteiger partial charge in [-0.05, 0) is 59.8 Å². The molecule has 2 saturated heterocycles. The summed E-state index contributed by atoms with van der Waals surface area (Å²) in [5.74, 6) is 1.15. The van der Waals surface area contributed by atoms with Gasteiger partial charge in [0, 0.05) is 20.2 Å². The molecule has 0 bridgehead atoms. The predicted octanol–water partition coefficient (Wildman–Crippen LogP) is 3.18. The van der Waals surface area contributed by atoms with Gasteiger partial charge in [0.05, 0.1) is 44.1 Å². The molecule has 10 heteroatoms. The molecule has 0 spiro atoms. The largest absolute Gasteiger partial charge is 0.497 e. The van der Waals surface area contributed by atoms with Gasteiger partial charge in [-0.2, -0.15) is 0 Å². The number of hydrogen-bond donors (Lipinski definition) is 0. The van der Waals surface area contributed by atoms with Crippen molar-refractivity contribution >= 4 is 40.5 Å². The van der Waals surface area contributed by atoms with Gasteiger partial charge in [-0.1, -0.05) is 12.1 Å². The first kappa shape index (κ1) is 25.7. The van der Waals surface area contributed by atoms with E-state index in [2.05, 4.69) is 4.99 Å². The second-order valence-corrected chi connectivity index (χ2v) is 9.01. The fourth-order valence-corrected chi connectivity index (χ4v) is 4.62. The third-order valence-electron chi connectivity index (χ3n) is 5.61. The van der Waals surface area contributed by atoms with E-state index in [-0.39, 0.29) is 18.4 Å². The Morgan fingerprint density at radius 1 is 1.06 bits per heavy atom. The summed E-state index contributed by atoms with van der Waals surface area (Å²) in [6.45, 7) is 3.07. The van der Waals surface area contributed by atoms with Gasteiger partial charge in [0.1, 0.15) is 11.5 Å². The molecule has 0 saturated carbocycles. The van der Waals surface area contributed by atoms with E-state index in [1.54, 1.807) is 36.2 Å². The molecule has 2 aliphatic heterocycles. The van der Waals surface area contributed by atoms with Gasteiger partial charge < -0.3 is 23.8 Å². The van der Waals surface area contributed by atoms with Crippen molar-refractivity contribution in [1.82, 2.24) is 9.80 Å². The number of methoxy groups -OCH3 is 2. The number of carbonyl (C=O) groups excluding carboxylic acids is 2. The molecule has 0 atom stereocenters. The summed E-state index contributed by atoms with van der Waals surface area (Å²) in [4.78, 5) is 34.0. The van der Waals surface area contributed by atoms with Gasteiger partial charge in [0.2, 0.25) is 0 Å². The molecule has 0 radical (unpaired) electrons. The molecule has 2 aromatic carbocycles. The molecule has 0 N–H and O–H groups in total. The lowest BCUT2D eigenvalue weighted by molar-refractivity contribution is -0.137. The Bertz CT molecular complexity index is 1110. The van der Waals surface area contributed by atoms with Crippen LogP contribution in [0.2, 0.25) is 0 Å². The molecule has 2 aliphatic rings. The van der Waals surface area contributed by atoms with Gasteiger partial charge in [-0.15, -0.1) is 0 Å². The monoisotopic (exact) mass is 511 g/mol. The van der Waals surface area contributed by atoms with E-state index in [4.69, 9.17) is 18.9 Å². The third-order valence-corrected chi connectivity index (χ3v) is 6.61. The topological polar surface area (TPSA) is 89.9 Å². The number of nitrogens with zero attached hydrogens (tertiary/aromatic N) is 3. The Balaban J connectivity index is 1.43. The smallest absolute Gasteiger partial charge is 0.266 e. The minimum absolute atomic E-state index is 0.0194. The highest BCUT2D eigenvalue weighted by atomic mass is 32.2. The van der Waals surface area contributed by atoms with Crippen molar-refractivity contribution in [3.8, 4) is 11.5 Å². The van der Waals surface area contributed by atoms with Gasteiger partial charge in [0.15, 0.2) is 11.8 Å². The zero-order valence-corrected chi connectivity index (χ0v) is 21.2. The van der Waals surface area contributed by atoms with Crippen molar-refractivity contribution in [2.24, 2.45) is 4.99 Å². The Hall–Kier alpha value is -3.34. The molecule has 2 heterocycles. The lowest BCUT2D eigenvalue weighted by Crippen LogP contribution is -2.42. The van der Waals surface area contributed by atoms with Crippen LogP contribution in [0, 0.1) is 0 Å². The Kier molecular flexibility index (Phi) is 8.99. The molecule has 190 valence electrons. The summed E-state index contributed by atoms with van der Waals surface area (Å²) in [5.41, 5.74) is 1.57. The Morgan fingerprint density at radius 2 is 1.75 bits per heavy atom. The molecule has 0 aromatic heterocycles. The molecule has 0 aliphatic carbocycles. The number of morpholine rings is 1. The molecular formula is C26H29N3O6S. The van der Waals surface area contributed by atoms with E-state index in [1.807, 2.05) is 42.5 Å². The maximum atomic E-state index is 13.1. The van der Waals surface area contributed by atoms with Crippen LogP contribution >= 0.6 is 11.8 Å². The van der Waals surface area contributed by atoms with Crippen molar-refractivity contribution in [3.05, 3.63) is 59.0 Å². The Morgan fingerprint density at radius 3 is 2.42 bits per heavy atom. The minimum atomic E-state index is -0.124. The van der Waals surface area contributed by atoms with Crippen LogP contribution in [-0.4, -0.2) is 87.1 Å². The molecule has 36 heavy (non-hydrogen) atoms. The lowest BCUT2D eigenvalue weighted by Gasteiger charge is -2.26.